The molecule has 1 fully saturated rings. The maximum absolute atomic E-state index is 6.58. The molecule has 0 saturated carbocycles. The van der Waals surface area contributed by atoms with Gasteiger partial charge < -0.3 is 9.47 Å². The SMILES string of the molecule is COc1ccc(Br)cc1C(Cl)C1CCOCC1. The summed E-state index contributed by atoms with van der Waals surface area (Å²) in [6, 6.07) is 5.97. The van der Waals surface area contributed by atoms with Gasteiger partial charge in [-0.2, -0.15) is 0 Å². The summed E-state index contributed by atoms with van der Waals surface area (Å²) in [7, 11) is 1.68. The first-order valence-electron chi connectivity index (χ1n) is 5.77. The van der Waals surface area contributed by atoms with Gasteiger partial charge in [-0.1, -0.05) is 15.9 Å². The first kappa shape index (κ1) is 13.2. The van der Waals surface area contributed by atoms with E-state index in [2.05, 4.69) is 15.9 Å². The highest BCUT2D eigenvalue weighted by molar-refractivity contribution is 9.10. The lowest BCUT2D eigenvalue weighted by Gasteiger charge is -2.27. The molecule has 2 nitrogen and oxygen atoms in total. The molecule has 1 aromatic carbocycles. The molecule has 0 radical (unpaired) electrons. The third kappa shape index (κ3) is 3.15. The Hall–Kier alpha value is -0.250. The van der Waals surface area contributed by atoms with Crippen molar-refractivity contribution in [3.63, 3.8) is 0 Å². The van der Waals surface area contributed by atoms with Crippen molar-refractivity contribution in [3.8, 4) is 5.75 Å². The van der Waals surface area contributed by atoms with Crippen molar-refractivity contribution in [3.05, 3.63) is 28.2 Å². The van der Waals surface area contributed by atoms with Gasteiger partial charge in [-0.25, -0.2) is 0 Å². The van der Waals surface area contributed by atoms with Gasteiger partial charge in [0.2, 0.25) is 0 Å². The fourth-order valence-corrected chi connectivity index (χ4v) is 2.98. The highest BCUT2D eigenvalue weighted by Crippen LogP contribution is 2.40. The number of hydrogen-bond acceptors (Lipinski definition) is 2. The fraction of sp³-hybridized carbons (Fsp3) is 0.538. The van der Waals surface area contributed by atoms with Gasteiger partial charge in [0.15, 0.2) is 0 Å². The molecule has 0 aromatic heterocycles. The summed E-state index contributed by atoms with van der Waals surface area (Å²) < 4.78 is 11.8. The van der Waals surface area contributed by atoms with Crippen LogP contribution < -0.4 is 4.74 Å². The normalized spacial score (nSPS) is 19.0. The number of ether oxygens (including phenoxy) is 2. The number of methoxy groups -OCH3 is 1. The van der Waals surface area contributed by atoms with Gasteiger partial charge in [0.05, 0.1) is 12.5 Å². The van der Waals surface area contributed by atoms with E-state index >= 15 is 0 Å². The molecular weight excluding hydrogens is 303 g/mol. The lowest BCUT2D eigenvalue weighted by Crippen LogP contribution is -2.19. The van der Waals surface area contributed by atoms with Crippen LogP contribution >= 0.6 is 27.5 Å². The quantitative estimate of drug-likeness (QED) is 0.779. The van der Waals surface area contributed by atoms with Crippen LogP contribution in [-0.2, 0) is 4.74 Å². The number of rotatable bonds is 3. The van der Waals surface area contributed by atoms with E-state index in [9.17, 15) is 0 Å². The molecule has 2 rings (SSSR count). The monoisotopic (exact) mass is 318 g/mol. The first-order valence-corrected chi connectivity index (χ1v) is 7.00. The molecule has 1 heterocycles. The van der Waals surface area contributed by atoms with Gasteiger partial charge in [0.25, 0.3) is 0 Å². The second-order valence-electron chi connectivity index (χ2n) is 4.24. The zero-order valence-electron chi connectivity index (χ0n) is 9.79. The molecule has 0 spiro atoms. The molecule has 4 heteroatoms. The largest absolute Gasteiger partial charge is 0.496 e. The summed E-state index contributed by atoms with van der Waals surface area (Å²) >= 11 is 10.1. The highest BCUT2D eigenvalue weighted by atomic mass is 79.9. The Morgan fingerprint density at radius 2 is 2.12 bits per heavy atom. The molecular formula is C13H16BrClO2. The molecule has 1 atom stereocenters. The van der Waals surface area contributed by atoms with Crippen LogP contribution in [0.5, 0.6) is 5.75 Å². The van der Waals surface area contributed by atoms with Crippen molar-refractivity contribution in [2.75, 3.05) is 20.3 Å². The van der Waals surface area contributed by atoms with Gasteiger partial charge in [0.1, 0.15) is 5.75 Å². The molecule has 1 aliphatic heterocycles. The molecule has 0 amide bonds. The van der Waals surface area contributed by atoms with Gasteiger partial charge in [0, 0.05) is 23.2 Å². The van der Waals surface area contributed by atoms with Crippen LogP contribution in [0.4, 0.5) is 0 Å². The average molecular weight is 320 g/mol. The molecule has 1 unspecified atom stereocenters. The maximum atomic E-state index is 6.58. The van der Waals surface area contributed by atoms with E-state index in [0.29, 0.717) is 5.92 Å². The Kier molecular flexibility index (Phi) is 4.71. The molecule has 1 aliphatic rings. The van der Waals surface area contributed by atoms with E-state index < -0.39 is 0 Å². The average Bonchev–Trinajstić information content (AvgIpc) is 2.39. The smallest absolute Gasteiger partial charge is 0.123 e. The summed E-state index contributed by atoms with van der Waals surface area (Å²) in [4.78, 5) is 0. The highest BCUT2D eigenvalue weighted by Gasteiger charge is 2.26. The minimum Gasteiger partial charge on any atom is -0.496 e. The minimum atomic E-state index is -0.00801. The molecule has 0 bridgehead atoms. The summed E-state index contributed by atoms with van der Waals surface area (Å²) in [5.41, 5.74) is 1.07. The molecule has 1 saturated heterocycles. The lowest BCUT2D eigenvalue weighted by atomic mass is 9.91. The van der Waals surface area contributed by atoms with Crippen LogP contribution in [-0.4, -0.2) is 20.3 Å². The first-order chi connectivity index (χ1) is 8.22. The van der Waals surface area contributed by atoms with Crippen LogP contribution in [0.3, 0.4) is 0 Å². The second kappa shape index (κ2) is 6.07. The van der Waals surface area contributed by atoms with Crippen molar-refractivity contribution < 1.29 is 9.47 Å². The molecule has 17 heavy (non-hydrogen) atoms. The van der Waals surface area contributed by atoms with Crippen LogP contribution in [0.25, 0.3) is 0 Å². The number of halogens is 2. The van der Waals surface area contributed by atoms with Crippen LogP contribution in [0.1, 0.15) is 23.8 Å². The number of benzene rings is 1. The number of hydrogen-bond donors (Lipinski definition) is 0. The molecule has 1 aromatic rings. The third-order valence-electron chi connectivity index (χ3n) is 3.17. The summed E-state index contributed by atoms with van der Waals surface area (Å²) in [5.74, 6) is 1.33. The van der Waals surface area contributed by atoms with Crippen molar-refractivity contribution in [2.45, 2.75) is 18.2 Å². The van der Waals surface area contributed by atoms with Crippen LogP contribution in [0, 0.1) is 5.92 Å². The van der Waals surface area contributed by atoms with Gasteiger partial charge in [-0.15, -0.1) is 11.6 Å². The standard InChI is InChI=1S/C13H16BrClO2/c1-16-12-3-2-10(14)8-11(12)13(15)9-4-6-17-7-5-9/h2-3,8-9,13H,4-7H2,1H3. The Bertz CT molecular complexity index is 378. The van der Waals surface area contributed by atoms with Crippen LogP contribution in [0.15, 0.2) is 22.7 Å². The fourth-order valence-electron chi connectivity index (χ4n) is 2.18. The van der Waals surface area contributed by atoms with Crippen molar-refractivity contribution in [1.82, 2.24) is 0 Å². The van der Waals surface area contributed by atoms with Gasteiger partial charge in [-0.05, 0) is 37.0 Å². The molecule has 94 valence electrons. The van der Waals surface area contributed by atoms with E-state index in [-0.39, 0.29) is 5.38 Å². The summed E-state index contributed by atoms with van der Waals surface area (Å²) in [6.45, 7) is 1.62. The third-order valence-corrected chi connectivity index (χ3v) is 4.25. The number of alkyl halides is 1. The minimum absolute atomic E-state index is 0.00801. The van der Waals surface area contributed by atoms with Crippen molar-refractivity contribution in [1.29, 1.82) is 0 Å². The Labute approximate surface area is 115 Å². The topological polar surface area (TPSA) is 18.5 Å². The lowest BCUT2D eigenvalue weighted by molar-refractivity contribution is 0.0649. The van der Waals surface area contributed by atoms with Crippen molar-refractivity contribution >= 4 is 27.5 Å². The van der Waals surface area contributed by atoms with Gasteiger partial charge in [-0.3, -0.25) is 0 Å². The summed E-state index contributed by atoms with van der Waals surface area (Å²) in [5, 5.41) is -0.00801. The zero-order valence-corrected chi connectivity index (χ0v) is 12.1. The zero-order chi connectivity index (χ0) is 12.3. The predicted octanol–water partition coefficient (Wildman–Crippen LogP) is 4.16. The van der Waals surface area contributed by atoms with E-state index in [4.69, 9.17) is 21.1 Å². The van der Waals surface area contributed by atoms with E-state index in [0.717, 1.165) is 41.8 Å². The Morgan fingerprint density at radius 3 is 2.76 bits per heavy atom. The van der Waals surface area contributed by atoms with E-state index in [1.165, 1.54) is 0 Å². The van der Waals surface area contributed by atoms with Crippen LogP contribution in [0.2, 0.25) is 0 Å². The second-order valence-corrected chi connectivity index (χ2v) is 5.62. The maximum Gasteiger partial charge on any atom is 0.123 e. The molecule has 0 N–H and O–H groups in total. The van der Waals surface area contributed by atoms with Gasteiger partial charge >= 0.3 is 0 Å². The van der Waals surface area contributed by atoms with Crippen molar-refractivity contribution in [2.24, 2.45) is 5.92 Å². The summed E-state index contributed by atoms with van der Waals surface area (Å²) in [6.07, 6.45) is 2.04. The van der Waals surface area contributed by atoms with E-state index in [1.807, 2.05) is 18.2 Å². The molecule has 0 aliphatic carbocycles. The van der Waals surface area contributed by atoms with E-state index in [1.54, 1.807) is 7.11 Å². The Morgan fingerprint density at radius 1 is 1.41 bits per heavy atom. The Balaban J connectivity index is 2.21. The predicted molar refractivity (Wildman–Crippen MR) is 72.8 cm³/mol.